The summed E-state index contributed by atoms with van der Waals surface area (Å²) in [6.45, 7) is 3.77. The van der Waals surface area contributed by atoms with E-state index in [0.717, 1.165) is 32.0 Å². The summed E-state index contributed by atoms with van der Waals surface area (Å²) in [7, 11) is 0. The molecule has 6 heteroatoms. The molecule has 22 heavy (non-hydrogen) atoms. The van der Waals surface area contributed by atoms with Crippen LogP contribution in [0, 0.1) is 0 Å². The molecule has 2 aromatic rings. The average Bonchev–Trinajstić information content (AvgIpc) is 2.62. The summed E-state index contributed by atoms with van der Waals surface area (Å²) in [6.07, 6.45) is 1.63. The second kappa shape index (κ2) is 6.34. The predicted octanol–water partition coefficient (Wildman–Crippen LogP) is 1.50. The molecular formula is C16H19N5O. The van der Waals surface area contributed by atoms with E-state index in [9.17, 15) is 0 Å². The van der Waals surface area contributed by atoms with E-state index in [4.69, 9.17) is 10.9 Å². The highest BCUT2D eigenvalue weighted by molar-refractivity contribution is 5.96. The zero-order valence-corrected chi connectivity index (χ0v) is 12.3. The molecule has 0 bridgehead atoms. The maximum absolute atomic E-state index is 8.66. The van der Waals surface area contributed by atoms with Crippen molar-refractivity contribution in [2.75, 3.05) is 36.0 Å². The highest BCUT2D eigenvalue weighted by Gasteiger charge is 2.18. The van der Waals surface area contributed by atoms with Crippen LogP contribution in [0.4, 0.5) is 11.5 Å². The van der Waals surface area contributed by atoms with Crippen LogP contribution in [-0.2, 0) is 0 Å². The van der Waals surface area contributed by atoms with Crippen LogP contribution in [0.15, 0.2) is 53.8 Å². The number of aromatic nitrogens is 1. The van der Waals surface area contributed by atoms with E-state index in [1.54, 1.807) is 6.20 Å². The SMILES string of the molecule is N/C(=N\O)c1ccc(N2CCN(c3ccccc3)CC2)nc1. The lowest BCUT2D eigenvalue weighted by Crippen LogP contribution is -2.46. The van der Waals surface area contributed by atoms with Crippen molar-refractivity contribution in [2.45, 2.75) is 0 Å². The third-order valence-electron chi connectivity index (χ3n) is 3.88. The molecule has 3 N–H and O–H groups in total. The van der Waals surface area contributed by atoms with Gasteiger partial charge in [-0.1, -0.05) is 23.4 Å². The van der Waals surface area contributed by atoms with Crippen LogP contribution in [0.5, 0.6) is 0 Å². The van der Waals surface area contributed by atoms with Crippen LogP contribution in [0.1, 0.15) is 5.56 Å². The smallest absolute Gasteiger partial charge is 0.171 e. The van der Waals surface area contributed by atoms with Gasteiger partial charge in [0.05, 0.1) is 0 Å². The van der Waals surface area contributed by atoms with Gasteiger partial charge in [-0.05, 0) is 24.3 Å². The molecule has 2 heterocycles. The Balaban J connectivity index is 1.64. The van der Waals surface area contributed by atoms with Crippen LogP contribution in [-0.4, -0.2) is 42.2 Å². The summed E-state index contributed by atoms with van der Waals surface area (Å²) in [6, 6.07) is 14.2. The maximum Gasteiger partial charge on any atom is 0.171 e. The molecule has 1 fully saturated rings. The topological polar surface area (TPSA) is 78.0 Å². The normalized spacial score (nSPS) is 15.9. The van der Waals surface area contributed by atoms with Crippen molar-refractivity contribution >= 4 is 17.3 Å². The van der Waals surface area contributed by atoms with Crippen molar-refractivity contribution in [3.63, 3.8) is 0 Å². The molecule has 1 aromatic carbocycles. The fourth-order valence-electron chi connectivity index (χ4n) is 2.61. The Morgan fingerprint density at radius 2 is 1.68 bits per heavy atom. The Kier molecular flexibility index (Phi) is 4.09. The number of rotatable bonds is 3. The standard InChI is InChI=1S/C16H19N5O/c17-16(19-22)13-6-7-15(18-12-13)21-10-8-20(9-11-21)14-4-2-1-3-5-14/h1-7,12,22H,8-11H2,(H2,17,19). The summed E-state index contributed by atoms with van der Waals surface area (Å²) >= 11 is 0. The number of piperazine rings is 1. The van der Waals surface area contributed by atoms with Crippen molar-refractivity contribution in [2.24, 2.45) is 10.9 Å². The molecule has 0 atom stereocenters. The lowest BCUT2D eigenvalue weighted by molar-refractivity contribution is 0.318. The predicted molar refractivity (Wildman–Crippen MR) is 87.6 cm³/mol. The maximum atomic E-state index is 8.66. The van der Waals surface area contributed by atoms with Gasteiger partial charge in [0.2, 0.25) is 0 Å². The van der Waals surface area contributed by atoms with E-state index in [0.29, 0.717) is 5.56 Å². The molecule has 1 saturated heterocycles. The number of nitrogens with two attached hydrogens (primary N) is 1. The summed E-state index contributed by atoms with van der Waals surface area (Å²) in [5.41, 5.74) is 7.43. The Labute approximate surface area is 129 Å². The second-order valence-electron chi connectivity index (χ2n) is 5.20. The zero-order chi connectivity index (χ0) is 15.4. The van der Waals surface area contributed by atoms with E-state index in [-0.39, 0.29) is 5.84 Å². The van der Waals surface area contributed by atoms with Gasteiger partial charge in [0.15, 0.2) is 5.84 Å². The van der Waals surface area contributed by atoms with Gasteiger partial charge in [0.25, 0.3) is 0 Å². The Hall–Kier alpha value is -2.76. The van der Waals surface area contributed by atoms with Gasteiger partial charge in [-0.2, -0.15) is 0 Å². The van der Waals surface area contributed by atoms with Crippen LogP contribution in [0.25, 0.3) is 0 Å². The van der Waals surface area contributed by atoms with Gasteiger partial charge in [-0.15, -0.1) is 0 Å². The molecule has 6 nitrogen and oxygen atoms in total. The van der Waals surface area contributed by atoms with E-state index >= 15 is 0 Å². The molecule has 0 unspecified atom stereocenters. The van der Waals surface area contributed by atoms with E-state index in [2.05, 4.69) is 44.2 Å². The minimum atomic E-state index is 0.0768. The average molecular weight is 297 g/mol. The first-order valence-electron chi connectivity index (χ1n) is 7.27. The molecule has 0 amide bonds. The van der Waals surface area contributed by atoms with Crippen molar-refractivity contribution in [3.8, 4) is 0 Å². The summed E-state index contributed by atoms with van der Waals surface area (Å²) < 4.78 is 0. The quantitative estimate of drug-likeness (QED) is 0.388. The fraction of sp³-hybridized carbons (Fsp3) is 0.250. The zero-order valence-electron chi connectivity index (χ0n) is 12.3. The number of pyridine rings is 1. The Bertz CT molecular complexity index is 633. The number of amidine groups is 1. The van der Waals surface area contributed by atoms with Crippen molar-refractivity contribution < 1.29 is 5.21 Å². The number of para-hydroxylation sites is 1. The first kappa shape index (κ1) is 14.2. The largest absolute Gasteiger partial charge is 0.409 e. The molecule has 0 aliphatic carbocycles. The minimum Gasteiger partial charge on any atom is -0.409 e. The van der Waals surface area contributed by atoms with Gasteiger partial charge in [0.1, 0.15) is 5.82 Å². The highest BCUT2D eigenvalue weighted by atomic mass is 16.4. The molecule has 1 aliphatic heterocycles. The van der Waals surface area contributed by atoms with E-state index in [1.165, 1.54) is 5.69 Å². The summed E-state index contributed by atoms with van der Waals surface area (Å²) in [5, 5.41) is 11.6. The summed E-state index contributed by atoms with van der Waals surface area (Å²) in [4.78, 5) is 9.03. The molecule has 3 rings (SSSR count). The van der Waals surface area contributed by atoms with Crippen molar-refractivity contribution in [3.05, 3.63) is 54.2 Å². The fourth-order valence-corrected chi connectivity index (χ4v) is 2.61. The van der Waals surface area contributed by atoms with E-state index in [1.807, 2.05) is 18.2 Å². The first-order chi connectivity index (χ1) is 10.8. The number of nitrogens with zero attached hydrogens (tertiary/aromatic N) is 4. The van der Waals surface area contributed by atoms with Crippen molar-refractivity contribution in [1.29, 1.82) is 0 Å². The highest BCUT2D eigenvalue weighted by Crippen LogP contribution is 2.19. The lowest BCUT2D eigenvalue weighted by Gasteiger charge is -2.36. The van der Waals surface area contributed by atoms with Crippen LogP contribution >= 0.6 is 0 Å². The lowest BCUT2D eigenvalue weighted by atomic mass is 10.2. The van der Waals surface area contributed by atoms with Crippen LogP contribution in [0.3, 0.4) is 0 Å². The number of oxime groups is 1. The molecule has 1 aromatic heterocycles. The van der Waals surface area contributed by atoms with E-state index < -0.39 is 0 Å². The molecule has 0 spiro atoms. The second-order valence-corrected chi connectivity index (χ2v) is 5.20. The molecule has 114 valence electrons. The molecular weight excluding hydrogens is 278 g/mol. The summed E-state index contributed by atoms with van der Waals surface area (Å²) in [5.74, 6) is 0.996. The van der Waals surface area contributed by atoms with Crippen molar-refractivity contribution in [1.82, 2.24) is 4.98 Å². The van der Waals surface area contributed by atoms with Gasteiger partial charge in [0, 0.05) is 43.6 Å². The number of anilines is 2. The third-order valence-corrected chi connectivity index (χ3v) is 3.88. The van der Waals surface area contributed by atoms with Gasteiger partial charge in [-0.3, -0.25) is 0 Å². The number of hydrogen-bond donors (Lipinski definition) is 2. The Morgan fingerprint density at radius 1 is 1.00 bits per heavy atom. The first-order valence-corrected chi connectivity index (χ1v) is 7.27. The van der Waals surface area contributed by atoms with Gasteiger partial charge >= 0.3 is 0 Å². The van der Waals surface area contributed by atoms with Crippen LogP contribution in [0.2, 0.25) is 0 Å². The number of hydrogen-bond acceptors (Lipinski definition) is 5. The molecule has 0 radical (unpaired) electrons. The molecule has 0 saturated carbocycles. The van der Waals surface area contributed by atoms with Crippen LogP contribution < -0.4 is 15.5 Å². The van der Waals surface area contributed by atoms with Gasteiger partial charge < -0.3 is 20.7 Å². The third kappa shape index (κ3) is 2.95. The monoisotopic (exact) mass is 297 g/mol. The number of benzene rings is 1. The molecule has 1 aliphatic rings. The van der Waals surface area contributed by atoms with Gasteiger partial charge in [-0.25, -0.2) is 4.98 Å². The minimum absolute atomic E-state index is 0.0768. The Morgan fingerprint density at radius 3 is 2.27 bits per heavy atom.